The molecule has 1 saturated heterocycles. The van der Waals surface area contributed by atoms with Crippen LogP contribution in [0.25, 0.3) is 0 Å². The van der Waals surface area contributed by atoms with Crippen molar-refractivity contribution in [3.63, 3.8) is 0 Å². The van der Waals surface area contributed by atoms with E-state index in [0.717, 1.165) is 18.4 Å². The van der Waals surface area contributed by atoms with Crippen molar-refractivity contribution in [3.8, 4) is 11.8 Å². The highest BCUT2D eigenvalue weighted by atomic mass is 16.6. The molecule has 2 aliphatic rings. The van der Waals surface area contributed by atoms with E-state index in [1.807, 2.05) is 37.4 Å². The average Bonchev–Trinajstić information content (AvgIpc) is 2.93. The zero-order valence-corrected chi connectivity index (χ0v) is 21.8. The fourth-order valence-electron chi connectivity index (χ4n) is 5.14. The normalized spacial score (nSPS) is 25.7. The molecule has 2 aliphatic heterocycles. The van der Waals surface area contributed by atoms with E-state index in [1.165, 1.54) is 0 Å². The fourth-order valence-corrected chi connectivity index (χ4v) is 5.14. The van der Waals surface area contributed by atoms with Crippen molar-refractivity contribution in [2.24, 2.45) is 0 Å². The van der Waals surface area contributed by atoms with Gasteiger partial charge in [0, 0.05) is 46.6 Å². The maximum atomic E-state index is 13.6. The van der Waals surface area contributed by atoms with E-state index >= 15 is 0 Å². The van der Waals surface area contributed by atoms with Crippen LogP contribution in [0.3, 0.4) is 0 Å². The summed E-state index contributed by atoms with van der Waals surface area (Å²) < 4.78 is 18.1. The summed E-state index contributed by atoms with van der Waals surface area (Å²) in [5, 5.41) is 9.75. The van der Waals surface area contributed by atoms with Gasteiger partial charge in [-0.15, -0.1) is 0 Å². The highest BCUT2D eigenvalue weighted by Gasteiger charge is 2.33. The fraction of sp³-hybridized carbons (Fsp3) is 0.483. The highest BCUT2D eigenvalue weighted by molar-refractivity contribution is 5.97. The predicted octanol–water partition coefficient (Wildman–Crippen LogP) is 3.61. The lowest BCUT2D eigenvalue weighted by Gasteiger charge is -2.36. The van der Waals surface area contributed by atoms with Gasteiger partial charge in [-0.05, 0) is 37.0 Å². The zero-order chi connectivity index (χ0) is 26.4. The molecule has 0 aliphatic carbocycles. The van der Waals surface area contributed by atoms with Crippen molar-refractivity contribution >= 4 is 11.8 Å². The third-order valence-electron chi connectivity index (χ3n) is 7.36. The van der Waals surface area contributed by atoms with Crippen LogP contribution in [-0.4, -0.2) is 80.8 Å². The van der Waals surface area contributed by atoms with Crippen LogP contribution in [0.1, 0.15) is 53.1 Å². The first kappa shape index (κ1) is 26.6. The van der Waals surface area contributed by atoms with Crippen molar-refractivity contribution in [1.82, 2.24) is 9.80 Å². The summed E-state index contributed by atoms with van der Waals surface area (Å²) in [6.07, 6.45) is 2.07. The van der Waals surface area contributed by atoms with E-state index in [2.05, 4.69) is 6.07 Å². The second kappa shape index (κ2) is 12.2. The Morgan fingerprint density at radius 2 is 1.78 bits per heavy atom. The first-order valence-electron chi connectivity index (χ1n) is 12.8. The molecule has 2 aromatic carbocycles. The lowest BCUT2D eigenvalue weighted by molar-refractivity contribution is -0.145. The maximum Gasteiger partial charge on any atom is 0.257 e. The van der Waals surface area contributed by atoms with Gasteiger partial charge in [-0.1, -0.05) is 36.4 Å². The number of rotatable bonds is 2. The van der Waals surface area contributed by atoms with Gasteiger partial charge in [0.2, 0.25) is 5.91 Å². The van der Waals surface area contributed by atoms with Crippen LogP contribution < -0.4 is 4.74 Å². The number of methoxy groups -OCH3 is 1. The second-order valence-electron chi connectivity index (χ2n) is 9.85. The van der Waals surface area contributed by atoms with Crippen LogP contribution in [-0.2, 0) is 14.3 Å². The predicted molar refractivity (Wildman–Crippen MR) is 138 cm³/mol. The van der Waals surface area contributed by atoms with E-state index in [4.69, 9.17) is 14.2 Å². The SMILES string of the molecule is CO[C@@H]1CC[C@H]2CCN(C)C(=O)C[C@@H](c3ccccc3)CN(C)C(=O)c3cccc(C#N)c3OC[C@@H]1O2. The van der Waals surface area contributed by atoms with E-state index in [0.29, 0.717) is 25.1 Å². The van der Waals surface area contributed by atoms with Gasteiger partial charge in [0.25, 0.3) is 5.91 Å². The molecule has 8 heteroatoms. The molecule has 4 rings (SSSR count). The van der Waals surface area contributed by atoms with E-state index in [-0.39, 0.29) is 60.4 Å². The summed E-state index contributed by atoms with van der Waals surface area (Å²) in [5.74, 6) is -0.174. The quantitative estimate of drug-likeness (QED) is 0.619. The maximum absolute atomic E-state index is 13.6. The molecule has 8 nitrogen and oxygen atoms in total. The summed E-state index contributed by atoms with van der Waals surface area (Å²) >= 11 is 0. The number of likely N-dealkylation sites (N-methyl/N-ethyl adjacent to an activating group) is 1. The topological polar surface area (TPSA) is 92.1 Å². The Morgan fingerprint density at radius 1 is 1.00 bits per heavy atom. The summed E-state index contributed by atoms with van der Waals surface area (Å²) in [4.78, 5) is 30.2. The molecule has 1 fully saturated rings. The van der Waals surface area contributed by atoms with Crippen LogP contribution in [0.5, 0.6) is 5.75 Å². The molecule has 37 heavy (non-hydrogen) atoms. The number of benzene rings is 2. The molecule has 2 aromatic rings. The third-order valence-corrected chi connectivity index (χ3v) is 7.36. The Morgan fingerprint density at radius 3 is 2.51 bits per heavy atom. The summed E-state index contributed by atoms with van der Waals surface area (Å²) in [7, 11) is 5.19. The van der Waals surface area contributed by atoms with Gasteiger partial charge in [0.15, 0.2) is 0 Å². The number of nitrogens with zero attached hydrogens (tertiary/aromatic N) is 3. The molecule has 0 saturated carbocycles. The molecule has 0 aromatic heterocycles. The van der Waals surface area contributed by atoms with Crippen molar-refractivity contribution in [3.05, 3.63) is 65.2 Å². The largest absolute Gasteiger partial charge is 0.489 e. The number of carbonyl (C=O) groups is 2. The van der Waals surface area contributed by atoms with Gasteiger partial charge in [-0.2, -0.15) is 5.26 Å². The van der Waals surface area contributed by atoms with E-state index in [1.54, 1.807) is 42.2 Å². The number of ether oxygens (including phenoxy) is 3. The summed E-state index contributed by atoms with van der Waals surface area (Å²) in [6.45, 7) is 1.07. The Kier molecular flexibility index (Phi) is 8.80. The monoisotopic (exact) mass is 505 g/mol. The minimum absolute atomic E-state index is 0.0272. The smallest absolute Gasteiger partial charge is 0.257 e. The van der Waals surface area contributed by atoms with Crippen LogP contribution in [0.2, 0.25) is 0 Å². The summed E-state index contributed by atoms with van der Waals surface area (Å²) in [5.41, 5.74) is 1.60. The standard InChI is InChI=1S/C29H35N3O5/c1-31-15-14-23-12-13-25(35-3)26(37-23)19-36-28-21(17-30)10-7-11-24(28)29(34)32(2)18-22(16-27(31)33)20-8-5-4-6-9-20/h4-11,22-23,25-26H,12-16,18-19H2,1-3H3/t22-,23+,25-,26+/m1/s1. The Labute approximate surface area is 218 Å². The number of carbonyl (C=O) groups excluding carboxylic acids is 2. The molecule has 4 atom stereocenters. The number of hydrogen-bond acceptors (Lipinski definition) is 6. The molecular weight excluding hydrogens is 470 g/mol. The number of hydrogen-bond donors (Lipinski definition) is 0. The molecule has 0 radical (unpaired) electrons. The van der Waals surface area contributed by atoms with Crippen molar-refractivity contribution in [2.45, 2.75) is 49.9 Å². The lowest BCUT2D eigenvalue weighted by atomic mass is 9.94. The molecule has 0 N–H and O–H groups in total. The van der Waals surface area contributed by atoms with Crippen molar-refractivity contribution in [1.29, 1.82) is 5.26 Å². The first-order valence-corrected chi connectivity index (χ1v) is 12.8. The highest BCUT2D eigenvalue weighted by Crippen LogP contribution is 2.30. The summed E-state index contributed by atoms with van der Waals surface area (Å²) in [6, 6.07) is 16.9. The molecule has 196 valence electrons. The van der Waals surface area contributed by atoms with Gasteiger partial charge >= 0.3 is 0 Å². The van der Waals surface area contributed by atoms with Gasteiger partial charge in [-0.3, -0.25) is 9.59 Å². The number of para-hydroxylation sites is 1. The Bertz CT molecular complexity index is 1130. The van der Waals surface area contributed by atoms with Crippen LogP contribution in [0.15, 0.2) is 48.5 Å². The molecule has 0 unspecified atom stereocenters. The molecule has 2 bridgehead atoms. The minimum Gasteiger partial charge on any atom is -0.489 e. The molecular formula is C29H35N3O5. The molecule has 0 spiro atoms. The second-order valence-corrected chi connectivity index (χ2v) is 9.85. The van der Waals surface area contributed by atoms with Crippen molar-refractivity contribution < 1.29 is 23.8 Å². The van der Waals surface area contributed by atoms with E-state index < -0.39 is 0 Å². The molecule has 2 amide bonds. The van der Waals surface area contributed by atoms with Gasteiger partial charge in [-0.25, -0.2) is 0 Å². The van der Waals surface area contributed by atoms with Crippen LogP contribution >= 0.6 is 0 Å². The average molecular weight is 506 g/mol. The number of fused-ring (bicyclic) bond motifs is 3. The lowest BCUT2D eigenvalue weighted by Crippen LogP contribution is -2.45. The van der Waals surface area contributed by atoms with Gasteiger partial charge in [0.1, 0.15) is 24.5 Å². The van der Waals surface area contributed by atoms with Crippen LogP contribution in [0, 0.1) is 11.3 Å². The van der Waals surface area contributed by atoms with E-state index in [9.17, 15) is 14.9 Å². The van der Waals surface area contributed by atoms with Crippen molar-refractivity contribution in [2.75, 3.05) is 40.9 Å². The minimum atomic E-state index is -0.354. The van der Waals surface area contributed by atoms with Gasteiger partial charge in [0.05, 0.1) is 23.3 Å². The third kappa shape index (κ3) is 6.30. The Balaban J connectivity index is 1.70. The molecule has 2 heterocycles. The van der Waals surface area contributed by atoms with Crippen LogP contribution in [0.4, 0.5) is 0 Å². The number of amides is 2. The Hall–Kier alpha value is -3.41. The first-order chi connectivity index (χ1) is 17.9. The number of nitriles is 1. The van der Waals surface area contributed by atoms with Gasteiger partial charge < -0.3 is 24.0 Å². The zero-order valence-electron chi connectivity index (χ0n) is 21.8.